The second-order valence-electron chi connectivity index (χ2n) is 3.85. The molecule has 0 amide bonds. The fourth-order valence-corrected chi connectivity index (χ4v) is 1.34. The van der Waals surface area contributed by atoms with Crippen LogP contribution in [0, 0.1) is 5.41 Å². The van der Waals surface area contributed by atoms with Gasteiger partial charge in [0.25, 0.3) is 0 Å². The van der Waals surface area contributed by atoms with Gasteiger partial charge in [0.05, 0.1) is 0 Å². The zero-order chi connectivity index (χ0) is 8.77. The number of hydrazine groups is 1. The number of anilines is 1. The number of nitrogens with one attached hydrogen (secondary N) is 1. The molecular weight excluding hydrogens is 156 g/mol. The van der Waals surface area contributed by atoms with Crippen LogP contribution >= 0.6 is 0 Å². The van der Waals surface area contributed by atoms with E-state index in [0.29, 0.717) is 11.3 Å². The molecule has 12 heavy (non-hydrogen) atoms. The van der Waals surface area contributed by atoms with Gasteiger partial charge in [0, 0.05) is 5.92 Å². The van der Waals surface area contributed by atoms with Crippen LogP contribution in [0.1, 0.15) is 32.0 Å². The molecular formula is C7H12N4O. The predicted octanol–water partition coefficient (Wildman–Crippen LogP) is 0.869. The second kappa shape index (κ2) is 2.20. The maximum Gasteiger partial charge on any atom is 0.335 e. The van der Waals surface area contributed by atoms with Crippen molar-refractivity contribution in [2.45, 2.75) is 26.2 Å². The summed E-state index contributed by atoms with van der Waals surface area (Å²) in [5.74, 6) is 6.30. The highest BCUT2D eigenvalue weighted by molar-refractivity contribution is 5.21. The maximum absolute atomic E-state index is 5.11. The minimum Gasteiger partial charge on any atom is -0.314 e. The molecule has 1 unspecified atom stereocenters. The van der Waals surface area contributed by atoms with E-state index >= 15 is 0 Å². The Bertz CT molecular complexity index is 293. The first-order valence-corrected chi connectivity index (χ1v) is 3.94. The molecule has 1 saturated carbocycles. The van der Waals surface area contributed by atoms with E-state index in [1.54, 1.807) is 0 Å². The summed E-state index contributed by atoms with van der Waals surface area (Å²) in [5.41, 5.74) is 2.65. The standard InChI is InChI=1S/C7H12N4O/c1-7(2)3-4(7)5-9-6(10-8)12-11-5/h4H,3,8H2,1-2H3,(H,9,10,11). The van der Waals surface area contributed by atoms with Crippen LogP contribution in [-0.4, -0.2) is 10.1 Å². The highest BCUT2D eigenvalue weighted by atomic mass is 16.5. The Morgan fingerprint density at radius 2 is 2.33 bits per heavy atom. The fraction of sp³-hybridized carbons (Fsp3) is 0.714. The van der Waals surface area contributed by atoms with E-state index in [9.17, 15) is 0 Å². The van der Waals surface area contributed by atoms with E-state index in [2.05, 4.69) is 29.4 Å². The Balaban J connectivity index is 2.15. The van der Waals surface area contributed by atoms with Crippen molar-refractivity contribution in [1.29, 1.82) is 0 Å². The molecule has 3 N–H and O–H groups in total. The number of nitrogens with two attached hydrogens (primary N) is 1. The van der Waals surface area contributed by atoms with E-state index in [1.165, 1.54) is 0 Å². The number of hydrogen-bond acceptors (Lipinski definition) is 5. The monoisotopic (exact) mass is 168 g/mol. The Labute approximate surface area is 70.3 Å². The zero-order valence-corrected chi connectivity index (χ0v) is 7.16. The first-order chi connectivity index (χ1) is 5.63. The molecule has 1 heterocycles. The van der Waals surface area contributed by atoms with Gasteiger partial charge in [-0.25, -0.2) is 5.84 Å². The van der Waals surface area contributed by atoms with Crippen molar-refractivity contribution in [3.05, 3.63) is 5.82 Å². The average molecular weight is 168 g/mol. The Hall–Kier alpha value is -1.10. The van der Waals surface area contributed by atoms with Gasteiger partial charge in [0.15, 0.2) is 5.82 Å². The smallest absolute Gasteiger partial charge is 0.314 e. The van der Waals surface area contributed by atoms with Crippen molar-refractivity contribution >= 4 is 6.01 Å². The molecule has 1 aromatic rings. The van der Waals surface area contributed by atoms with Gasteiger partial charge in [-0.15, -0.1) is 0 Å². The second-order valence-corrected chi connectivity index (χ2v) is 3.85. The van der Waals surface area contributed by atoms with Crippen LogP contribution in [0.25, 0.3) is 0 Å². The lowest BCUT2D eigenvalue weighted by molar-refractivity contribution is 0.419. The molecule has 0 aromatic carbocycles. The Morgan fingerprint density at radius 3 is 2.75 bits per heavy atom. The molecule has 0 bridgehead atoms. The topological polar surface area (TPSA) is 77.0 Å². The molecule has 5 nitrogen and oxygen atoms in total. The molecule has 1 atom stereocenters. The molecule has 66 valence electrons. The van der Waals surface area contributed by atoms with Crippen molar-refractivity contribution in [1.82, 2.24) is 10.1 Å². The summed E-state index contributed by atoms with van der Waals surface area (Å²) in [6, 6.07) is 0.285. The van der Waals surface area contributed by atoms with Crippen molar-refractivity contribution < 1.29 is 4.52 Å². The largest absolute Gasteiger partial charge is 0.335 e. The molecule has 0 saturated heterocycles. The summed E-state index contributed by atoms with van der Waals surface area (Å²) in [6.07, 6.45) is 1.12. The first kappa shape index (κ1) is 7.54. The van der Waals surface area contributed by atoms with E-state index in [4.69, 9.17) is 10.4 Å². The van der Waals surface area contributed by atoms with Crippen LogP contribution < -0.4 is 11.3 Å². The minimum absolute atomic E-state index is 0.285. The van der Waals surface area contributed by atoms with Gasteiger partial charge < -0.3 is 4.52 Å². The number of nitrogens with zero attached hydrogens (tertiary/aromatic N) is 2. The summed E-state index contributed by atoms with van der Waals surface area (Å²) in [5, 5.41) is 3.82. The van der Waals surface area contributed by atoms with Gasteiger partial charge in [-0.3, -0.25) is 5.43 Å². The molecule has 0 aliphatic heterocycles. The lowest BCUT2D eigenvalue weighted by Gasteiger charge is -1.95. The number of hydrogen-bond donors (Lipinski definition) is 2. The fourth-order valence-electron chi connectivity index (χ4n) is 1.34. The van der Waals surface area contributed by atoms with Gasteiger partial charge in [0.1, 0.15) is 0 Å². The predicted molar refractivity (Wildman–Crippen MR) is 43.2 cm³/mol. The number of aromatic nitrogens is 2. The molecule has 1 aliphatic rings. The lowest BCUT2D eigenvalue weighted by Crippen LogP contribution is -2.06. The number of nitrogen functional groups attached to an aromatic ring is 1. The van der Waals surface area contributed by atoms with Crippen molar-refractivity contribution in [3.8, 4) is 0 Å². The third kappa shape index (κ3) is 1.06. The molecule has 0 spiro atoms. The van der Waals surface area contributed by atoms with E-state index in [-0.39, 0.29) is 6.01 Å². The van der Waals surface area contributed by atoms with Crippen LogP contribution in [0.5, 0.6) is 0 Å². The van der Waals surface area contributed by atoms with E-state index in [1.807, 2.05) is 0 Å². The van der Waals surface area contributed by atoms with Crippen LogP contribution in [-0.2, 0) is 0 Å². The van der Waals surface area contributed by atoms with Crippen LogP contribution in [0.3, 0.4) is 0 Å². The Morgan fingerprint density at radius 1 is 1.67 bits per heavy atom. The summed E-state index contributed by atoms with van der Waals surface area (Å²) in [7, 11) is 0. The first-order valence-electron chi connectivity index (χ1n) is 3.94. The normalized spacial score (nSPS) is 25.4. The number of rotatable bonds is 2. The maximum atomic E-state index is 5.11. The summed E-state index contributed by atoms with van der Waals surface area (Å²) in [6.45, 7) is 4.37. The molecule has 1 fully saturated rings. The van der Waals surface area contributed by atoms with Gasteiger partial charge in [-0.2, -0.15) is 4.98 Å². The van der Waals surface area contributed by atoms with Gasteiger partial charge >= 0.3 is 6.01 Å². The van der Waals surface area contributed by atoms with Gasteiger partial charge in [-0.05, 0) is 11.8 Å². The highest BCUT2D eigenvalue weighted by Crippen LogP contribution is 2.57. The summed E-state index contributed by atoms with van der Waals surface area (Å²) >= 11 is 0. The molecule has 5 heteroatoms. The molecule has 1 aliphatic carbocycles. The van der Waals surface area contributed by atoms with E-state index < -0.39 is 0 Å². The minimum atomic E-state index is 0.285. The Kier molecular flexibility index (Phi) is 1.38. The SMILES string of the molecule is CC1(C)CC1c1noc(NN)n1. The molecule has 0 radical (unpaired) electrons. The van der Waals surface area contributed by atoms with Gasteiger partial charge in [-0.1, -0.05) is 19.0 Å². The van der Waals surface area contributed by atoms with Crippen molar-refractivity contribution in [3.63, 3.8) is 0 Å². The molecule has 1 aromatic heterocycles. The zero-order valence-electron chi connectivity index (χ0n) is 7.16. The lowest BCUT2D eigenvalue weighted by atomic mass is 10.1. The van der Waals surface area contributed by atoms with Gasteiger partial charge in [0.2, 0.25) is 0 Å². The van der Waals surface area contributed by atoms with E-state index in [0.717, 1.165) is 12.2 Å². The summed E-state index contributed by atoms with van der Waals surface area (Å²) < 4.78 is 4.81. The van der Waals surface area contributed by atoms with Crippen LogP contribution in [0.4, 0.5) is 6.01 Å². The van der Waals surface area contributed by atoms with Crippen LogP contribution in [0.2, 0.25) is 0 Å². The quantitative estimate of drug-likeness (QED) is 0.506. The van der Waals surface area contributed by atoms with Crippen molar-refractivity contribution in [2.24, 2.45) is 11.3 Å². The third-order valence-electron chi connectivity index (χ3n) is 2.39. The van der Waals surface area contributed by atoms with Crippen LogP contribution in [0.15, 0.2) is 4.52 Å². The highest BCUT2D eigenvalue weighted by Gasteiger charge is 2.49. The van der Waals surface area contributed by atoms with Crippen molar-refractivity contribution in [2.75, 3.05) is 5.43 Å². The third-order valence-corrected chi connectivity index (χ3v) is 2.39. The molecule has 2 rings (SSSR count). The summed E-state index contributed by atoms with van der Waals surface area (Å²) in [4.78, 5) is 4.07. The average Bonchev–Trinajstić information content (AvgIpc) is 2.52.